The maximum absolute atomic E-state index is 12.3. The van der Waals surface area contributed by atoms with Crippen LogP contribution < -0.4 is 5.32 Å². The number of nitrogens with one attached hydrogen (secondary N) is 1. The summed E-state index contributed by atoms with van der Waals surface area (Å²) in [7, 11) is 0. The van der Waals surface area contributed by atoms with Gasteiger partial charge in [0, 0.05) is 17.6 Å². The molecule has 0 atom stereocenters. The third-order valence-electron chi connectivity index (χ3n) is 3.75. The molecule has 4 aromatic rings. The van der Waals surface area contributed by atoms with Crippen molar-refractivity contribution in [2.75, 3.05) is 5.32 Å². The summed E-state index contributed by atoms with van der Waals surface area (Å²) in [4.78, 5) is 21.4. The number of para-hydroxylation sites is 1. The first kappa shape index (κ1) is 15.9. The van der Waals surface area contributed by atoms with Crippen LogP contribution in [0.2, 0.25) is 0 Å². The molecule has 0 aliphatic rings. The SMILES string of the molecule is CCn1nc(C(=O)Nc2nc(-c3nc4ccccc4s3)cs2)cc1C. The second-order valence-electron chi connectivity index (χ2n) is 5.47. The number of benzene rings is 1. The lowest BCUT2D eigenvalue weighted by atomic mass is 10.3. The Morgan fingerprint density at radius 3 is 2.88 bits per heavy atom. The molecule has 25 heavy (non-hydrogen) atoms. The number of nitrogens with zero attached hydrogens (tertiary/aromatic N) is 4. The van der Waals surface area contributed by atoms with Crippen LogP contribution in [-0.2, 0) is 6.54 Å². The number of aryl methyl sites for hydroxylation is 2. The van der Waals surface area contributed by atoms with Crippen LogP contribution in [0.25, 0.3) is 20.9 Å². The molecule has 0 saturated heterocycles. The van der Waals surface area contributed by atoms with E-state index in [0.29, 0.717) is 10.8 Å². The molecule has 1 aromatic carbocycles. The van der Waals surface area contributed by atoms with Gasteiger partial charge >= 0.3 is 0 Å². The smallest absolute Gasteiger partial charge is 0.277 e. The molecule has 0 aliphatic heterocycles. The van der Waals surface area contributed by atoms with Crippen LogP contribution in [-0.4, -0.2) is 25.7 Å². The number of fused-ring (bicyclic) bond motifs is 1. The molecule has 6 nitrogen and oxygen atoms in total. The van der Waals surface area contributed by atoms with Gasteiger partial charge < -0.3 is 0 Å². The Labute approximate surface area is 152 Å². The molecule has 126 valence electrons. The van der Waals surface area contributed by atoms with Crippen molar-refractivity contribution in [2.24, 2.45) is 0 Å². The van der Waals surface area contributed by atoms with Crippen LogP contribution in [0.1, 0.15) is 23.1 Å². The van der Waals surface area contributed by atoms with Crippen LogP contribution >= 0.6 is 22.7 Å². The fourth-order valence-corrected chi connectivity index (χ4v) is 4.20. The van der Waals surface area contributed by atoms with E-state index in [1.165, 1.54) is 11.3 Å². The molecule has 0 radical (unpaired) electrons. The monoisotopic (exact) mass is 369 g/mol. The predicted molar refractivity (Wildman–Crippen MR) is 101 cm³/mol. The average molecular weight is 369 g/mol. The Balaban J connectivity index is 1.55. The quantitative estimate of drug-likeness (QED) is 0.585. The highest BCUT2D eigenvalue weighted by molar-refractivity contribution is 7.22. The summed E-state index contributed by atoms with van der Waals surface area (Å²) >= 11 is 2.97. The molecule has 0 spiro atoms. The molecule has 0 saturated carbocycles. The Hall–Kier alpha value is -2.58. The summed E-state index contributed by atoms with van der Waals surface area (Å²) in [6, 6.07) is 9.76. The molecule has 1 N–H and O–H groups in total. The Bertz CT molecular complexity index is 1030. The molecule has 0 aliphatic carbocycles. The van der Waals surface area contributed by atoms with E-state index in [1.54, 1.807) is 22.1 Å². The first-order valence-electron chi connectivity index (χ1n) is 7.81. The third kappa shape index (κ3) is 3.06. The number of carbonyl (C=O) groups is 1. The van der Waals surface area contributed by atoms with Gasteiger partial charge in [0.05, 0.1) is 10.2 Å². The van der Waals surface area contributed by atoms with Gasteiger partial charge in [0.1, 0.15) is 10.7 Å². The lowest BCUT2D eigenvalue weighted by Gasteiger charge is -1.98. The number of carbonyl (C=O) groups excluding carboxylic acids is 1. The zero-order chi connectivity index (χ0) is 17.4. The van der Waals surface area contributed by atoms with Crippen LogP contribution in [0, 0.1) is 6.92 Å². The fourth-order valence-electron chi connectivity index (χ4n) is 2.51. The van der Waals surface area contributed by atoms with Crippen molar-refractivity contribution in [2.45, 2.75) is 20.4 Å². The maximum atomic E-state index is 12.3. The lowest BCUT2D eigenvalue weighted by Crippen LogP contribution is -2.13. The summed E-state index contributed by atoms with van der Waals surface area (Å²) in [6.45, 7) is 4.66. The summed E-state index contributed by atoms with van der Waals surface area (Å²) in [5, 5.41) is 10.4. The van der Waals surface area contributed by atoms with E-state index in [4.69, 9.17) is 0 Å². The van der Waals surface area contributed by atoms with Crippen molar-refractivity contribution in [3.8, 4) is 10.7 Å². The van der Waals surface area contributed by atoms with Gasteiger partial charge in [0.25, 0.3) is 5.91 Å². The summed E-state index contributed by atoms with van der Waals surface area (Å²) in [6.07, 6.45) is 0. The van der Waals surface area contributed by atoms with Crippen molar-refractivity contribution in [1.29, 1.82) is 0 Å². The largest absolute Gasteiger partial charge is 0.296 e. The number of hydrogen-bond acceptors (Lipinski definition) is 6. The Morgan fingerprint density at radius 1 is 1.28 bits per heavy atom. The molecule has 0 unspecified atom stereocenters. The number of thiazole rings is 2. The maximum Gasteiger partial charge on any atom is 0.277 e. The molecule has 4 rings (SSSR count). The summed E-state index contributed by atoms with van der Waals surface area (Å²) < 4.78 is 2.92. The topological polar surface area (TPSA) is 72.7 Å². The van der Waals surface area contributed by atoms with Gasteiger partial charge in [0.2, 0.25) is 0 Å². The second-order valence-corrected chi connectivity index (χ2v) is 7.35. The minimum Gasteiger partial charge on any atom is -0.296 e. The summed E-state index contributed by atoms with van der Waals surface area (Å²) in [5.41, 5.74) is 3.09. The van der Waals surface area contributed by atoms with E-state index in [0.717, 1.165) is 33.2 Å². The van der Waals surface area contributed by atoms with Gasteiger partial charge in [-0.3, -0.25) is 14.8 Å². The van der Waals surface area contributed by atoms with Gasteiger partial charge in [-0.25, -0.2) is 9.97 Å². The van der Waals surface area contributed by atoms with E-state index in [-0.39, 0.29) is 5.91 Å². The molecule has 0 fully saturated rings. The Morgan fingerprint density at radius 2 is 2.12 bits per heavy atom. The first-order valence-corrected chi connectivity index (χ1v) is 9.51. The Kier molecular flexibility index (Phi) is 4.06. The van der Waals surface area contributed by atoms with Gasteiger partial charge in [-0.2, -0.15) is 5.10 Å². The zero-order valence-electron chi connectivity index (χ0n) is 13.7. The minimum absolute atomic E-state index is 0.250. The summed E-state index contributed by atoms with van der Waals surface area (Å²) in [5.74, 6) is -0.250. The van der Waals surface area contributed by atoms with Crippen LogP contribution in [0.4, 0.5) is 5.13 Å². The normalized spacial score (nSPS) is 11.1. The van der Waals surface area contributed by atoms with Gasteiger partial charge in [-0.15, -0.1) is 22.7 Å². The van der Waals surface area contributed by atoms with Crippen LogP contribution in [0.5, 0.6) is 0 Å². The fraction of sp³-hybridized carbons (Fsp3) is 0.176. The van der Waals surface area contributed by atoms with Gasteiger partial charge in [-0.1, -0.05) is 12.1 Å². The van der Waals surface area contributed by atoms with Crippen molar-refractivity contribution in [3.63, 3.8) is 0 Å². The molecular weight excluding hydrogens is 354 g/mol. The molecule has 0 bridgehead atoms. The van der Waals surface area contributed by atoms with Crippen molar-refractivity contribution >= 4 is 43.9 Å². The second kappa shape index (κ2) is 6.38. The first-order chi connectivity index (χ1) is 12.1. The average Bonchev–Trinajstić information content (AvgIpc) is 3.31. The standard InChI is InChI=1S/C17H15N5OS2/c1-3-22-10(2)8-12(21-22)15(23)20-17-19-13(9-24-17)16-18-11-6-4-5-7-14(11)25-16/h4-9H,3H2,1-2H3,(H,19,20,23). The number of amides is 1. The predicted octanol–water partition coefficient (Wildman–Crippen LogP) is 4.20. The molecule has 3 heterocycles. The van der Waals surface area contributed by atoms with E-state index < -0.39 is 0 Å². The van der Waals surface area contributed by atoms with E-state index in [1.807, 2.05) is 43.5 Å². The van der Waals surface area contributed by atoms with Crippen molar-refractivity contribution < 1.29 is 4.79 Å². The third-order valence-corrected chi connectivity index (χ3v) is 5.57. The van der Waals surface area contributed by atoms with Crippen LogP contribution in [0.15, 0.2) is 35.7 Å². The van der Waals surface area contributed by atoms with Crippen LogP contribution in [0.3, 0.4) is 0 Å². The van der Waals surface area contributed by atoms with E-state index in [2.05, 4.69) is 20.4 Å². The molecular formula is C17H15N5OS2. The highest BCUT2D eigenvalue weighted by Gasteiger charge is 2.15. The minimum atomic E-state index is -0.250. The lowest BCUT2D eigenvalue weighted by molar-refractivity contribution is 0.102. The molecule has 8 heteroatoms. The van der Waals surface area contributed by atoms with E-state index in [9.17, 15) is 4.79 Å². The number of anilines is 1. The van der Waals surface area contributed by atoms with Gasteiger partial charge in [0.15, 0.2) is 10.8 Å². The zero-order valence-corrected chi connectivity index (χ0v) is 15.3. The van der Waals surface area contributed by atoms with Crippen molar-refractivity contribution in [1.82, 2.24) is 19.7 Å². The van der Waals surface area contributed by atoms with Gasteiger partial charge in [-0.05, 0) is 32.0 Å². The number of rotatable bonds is 4. The number of hydrogen-bond donors (Lipinski definition) is 1. The highest BCUT2D eigenvalue weighted by Crippen LogP contribution is 2.32. The molecule has 3 aromatic heterocycles. The highest BCUT2D eigenvalue weighted by atomic mass is 32.1. The van der Waals surface area contributed by atoms with E-state index >= 15 is 0 Å². The van der Waals surface area contributed by atoms with Crippen molar-refractivity contribution in [3.05, 3.63) is 47.1 Å². The molecule has 1 amide bonds. The number of aromatic nitrogens is 4.